The van der Waals surface area contributed by atoms with Crippen LogP contribution < -0.4 is 53.0 Å². The molecule has 2 aliphatic carbocycles. The highest BCUT2D eigenvalue weighted by Gasteiger charge is 2.46. The molecule has 1 fully saturated rings. The van der Waals surface area contributed by atoms with Crippen LogP contribution in [0.3, 0.4) is 0 Å². The van der Waals surface area contributed by atoms with E-state index in [4.69, 9.17) is 24.2 Å². The fourth-order valence-corrected chi connectivity index (χ4v) is 22.0. The highest BCUT2D eigenvalue weighted by molar-refractivity contribution is 8.77. The molecule has 139 heavy (non-hydrogen) atoms. The number of benzene rings is 4. The van der Waals surface area contributed by atoms with Gasteiger partial charge in [-0.2, -0.15) is 13.7 Å². The number of allylic oxidation sites excluding steroid dienone is 4. The van der Waals surface area contributed by atoms with Crippen molar-refractivity contribution in [2.75, 3.05) is 57.2 Å². The largest absolute Gasteiger partial charge is 0.547 e. The molecule has 7 amide bonds. The van der Waals surface area contributed by atoms with E-state index in [0.717, 1.165) is 46.9 Å². The zero-order valence-electron chi connectivity index (χ0n) is 78.4. The quantitative estimate of drug-likeness (QED) is 0.00327. The van der Waals surface area contributed by atoms with Gasteiger partial charge in [-0.15, -0.1) is 0 Å². The van der Waals surface area contributed by atoms with Crippen LogP contribution in [0.15, 0.2) is 123 Å². The maximum Gasteiger partial charge on any atom is 0.496 e. The lowest BCUT2D eigenvalue weighted by atomic mass is 9.59. The zero-order valence-corrected chi connectivity index (χ0v) is 82.8. The summed E-state index contributed by atoms with van der Waals surface area (Å²) in [5.41, 5.74) is 8.29. The number of carboxylic acids is 2. The average Bonchev–Trinajstić information content (AvgIpc) is 1.11. The normalized spacial score (nSPS) is 18.0. The fraction of sp³-hybridized carbons (Fsp3) is 0.495. The maximum absolute atomic E-state index is 14.5. The van der Waals surface area contributed by atoms with Crippen molar-refractivity contribution in [3.63, 3.8) is 0 Å². The third-order valence-electron chi connectivity index (χ3n) is 23.6. The molecule has 4 aliphatic rings. The molecule has 10 atom stereocenters. The molecule has 752 valence electrons. The van der Waals surface area contributed by atoms with E-state index in [-0.39, 0.29) is 158 Å². The molecule has 14 N–H and O–H groups in total. The number of fused-ring (bicyclic) bond motifs is 3. The number of aliphatic hydroxyl groups is 1. The van der Waals surface area contributed by atoms with E-state index in [1.54, 1.807) is 18.9 Å². The number of ketones is 3. The molecule has 0 spiro atoms. The molecule has 9 rings (SSSR count). The number of carbonyl (C=O) groups is 12. The number of nitrogens with one attached hydrogen (secondary N) is 6. The van der Waals surface area contributed by atoms with Crippen molar-refractivity contribution in [1.29, 1.82) is 0 Å². The Bertz CT molecular complexity index is 5820. The van der Waals surface area contributed by atoms with Gasteiger partial charge in [-0.3, -0.25) is 86.6 Å². The number of anilines is 1. The number of H-pyrrole nitrogens is 1. The molecule has 10 unspecified atom stereocenters. The van der Waals surface area contributed by atoms with Gasteiger partial charge in [0.15, 0.2) is 17.3 Å². The van der Waals surface area contributed by atoms with Crippen LogP contribution in [0.5, 0.6) is 5.75 Å². The number of carbonyl (C=O) groups excluding carboxylic acids is 10. The minimum atomic E-state index is -5.86. The minimum Gasteiger partial charge on any atom is -0.547 e. The Morgan fingerprint density at radius 1 is 0.748 bits per heavy atom. The molecule has 0 saturated carbocycles. The monoisotopic (exact) mass is 2020 g/mol. The maximum atomic E-state index is 14.5. The third-order valence-corrected chi connectivity index (χ3v) is 30.8. The Balaban J connectivity index is 0.711. The number of ether oxygens (including phenoxy) is 1. The number of carboxylic acid groups (broad SMARTS) is 2. The molecule has 2 aliphatic heterocycles. The number of aromatic nitrogens is 2. The molecule has 3 heterocycles. The van der Waals surface area contributed by atoms with Crippen LogP contribution in [-0.4, -0.2) is 219 Å². The minimum absolute atomic E-state index is 0.00262. The first-order chi connectivity index (χ1) is 65.8. The fourth-order valence-electron chi connectivity index (χ4n) is 16.3. The summed E-state index contributed by atoms with van der Waals surface area (Å²) >= 11 is 0. The smallest absolute Gasteiger partial charge is 0.496 e. The lowest BCUT2D eigenvalue weighted by molar-refractivity contribution is -0.144. The number of phosphoric ester groups is 1. The number of nitrogens with zero attached hydrogens (tertiary/aromatic N) is 4. The first-order valence-corrected chi connectivity index (χ1v) is 52.7. The molecule has 40 nitrogen and oxygen atoms in total. The van der Waals surface area contributed by atoms with Gasteiger partial charge >= 0.3 is 48.0 Å². The molecule has 46 heteroatoms. The van der Waals surface area contributed by atoms with Gasteiger partial charge in [-0.05, 0) is 168 Å². The molecule has 1 aromatic heterocycles. The Hall–Kier alpha value is -10.6. The van der Waals surface area contributed by atoms with Gasteiger partial charge in [-0.1, -0.05) is 133 Å². The average molecular weight is 2030 g/mol. The van der Waals surface area contributed by atoms with Gasteiger partial charge in [0.2, 0.25) is 23.6 Å². The number of aliphatic hydroxyl groups excluding tert-OH is 1. The van der Waals surface area contributed by atoms with Crippen molar-refractivity contribution in [1.82, 2.24) is 41.0 Å². The molecular formula is C93H120BN10O30P3S2. The molecule has 4 aromatic carbocycles. The van der Waals surface area contributed by atoms with Crippen LogP contribution >= 0.6 is 45.1 Å². The Kier molecular flexibility index (Phi) is 42.1. The highest BCUT2D eigenvalue weighted by atomic mass is 33.1. The SMILES string of the molecule is CCCc1cc2c(cc1C)C(c1ccccc1C(=O)N(C)CCCC(=O)NCCCNC(=O)c1ccc3c(c1)N(O)C(=O)B(c1ccc(C(=O)CCCC(=O)NC(CCC(C)(C)SSCCC(=O)NCC#Cc4cn(C5CC(O)C(COP(=O)(O)OP(=O)(O)OP(=O)(O)O)O5)c(=O)[nH]c4=O)C(=O)CCCCCCC(=O)NC(CC(=O)O)C(=O)CC(CC)C(=O)O)cc1)O3)C1C=C(C)C(=NCC)C=C1C2. The Labute approximate surface area is 811 Å². The first kappa shape index (κ1) is 112. The summed E-state index contributed by atoms with van der Waals surface area (Å²) < 4.78 is 58.6. The summed E-state index contributed by atoms with van der Waals surface area (Å²) in [4.78, 5) is 229. The van der Waals surface area contributed by atoms with Crippen molar-refractivity contribution in [3.8, 4) is 17.6 Å². The number of hydrogen-bond acceptors (Lipinski definition) is 27. The van der Waals surface area contributed by atoms with Crippen LogP contribution in [0.2, 0.25) is 0 Å². The van der Waals surface area contributed by atoms with Gasteiger partial charge in [0.25, 0.3) is 23.2 Å². The van der Waals surface area contributed by atoms with E-state index < -0.39 is 149 Å². The van der Waals surface area contributed by atoms with E-state index in [9.17, 15) is 111 Å². The van der Waals surface area contributed by atoms with E-state index in [1.165, 1.54) is 91.9 Å². The van der Waals surface area contributed by atoms with Crippen LogP contribution in [-0.2, 0) is 82.8 Å². The summed E-state index contributed by atoms with van der Waals surface area (Å²) in [5.74, 6) is -2.95. The van der Waals surface area contributed by atoms with Crippen molar-refractivity contribution in [3.05, 3.63) is 179 Å². The van der Waals surface area contributed by atoms with Crippen LogP contribution in [0, 0.1) is 30.6 Å². The number of aliphatic imine (C=N–C) groups is 1. The van der Waals surface area contributed by atoms with Crippen molar-refractivity contribution < 1.29 is 134 Å². The number of phosphoric acid groups is 3. The Morgan fingerprint density at radius 2 is 1.42 bits per heavy atom. The lowest BCUT2D eigenvalue weighted by Gasteiger charge is -2.38. The van der Waals surface area contributed by atoms with E-state index in [0.29, 0.717) is 68.7 Å². The van der Waals surface area contributed by atoms with E-state index in [2.05, 4.69) is 103 Å². The predicted octanol–water partition coefficient (Wildman–Crippen LogP) is 9.69. The highest BCUT2D eigenvalue weighted by Crippen LogP contribution is 2.66. The number of amides is 7. The molecule has 0 radical (unpaired) electrons. The van der Waals surface area contributed by atoms with Crippen LogP contribution in [0.1, 0.15) is 247 Å². The second-order valence-electron chi connectivity index (χ2n) is 34.8. The molecule has 5 aromatic rings. The third kappa shape index (κ3) is 33.8. The summed E-state index contributed by atoms with van der Waals surface area (Å²) in [5, 5.41) is 54.5. The summed E-state index contributed by atoms with van der Waals surface area (Å²) in [6, 6.07) is 20.2. The predicted molar refractivity (Wildman–Crippen MR) is 517 cm³/mol. The van der Waals surface area contributed by atoms with Gasteiger partial charge in [0.1, 0.15) is 29.3 Å². The Morgan fingerprint density at radius 3 is 2.12 bits per heavy atom. The molecule has 0 bridgehead atoms. The first-order valence-electron chi connectivity index (χ1n) is 45.8. The number of aryl methyl sites for hydroxylation is 2. The summed E-state index contributed by atoms with van der Waals surface area (Å²) in [6.07, 6.45) is 5.24. The molecule has 1 saturated heterocycles. The number of hydrogen-bond donors (Lipinski definition) is 14. The molecular weight excluding hydrogens is 1900 g/mol. The van der Waals surface area contributed by atoms with Gasteiger partial charge < -0.3 is 75.8 Å². The van der Waals surface area contributed by atoms with Gasteiger partial charge in [-0.25, -0.2) is 18.5 Å². The number of aliphatic carboxylic acids is 2. The van der Waals surface area contributed by atoms with Crippen LogP contribution in [0.4, 0.5) is 10.5 Å². The number of Topliss-reactive ketones (excluding diaryl/α,β-unsaturated/α-hetero) is 3. The van der Waals surface area contributed by atoms with Gasteiger partial charge in [0.05, 0.1) is 49.4 Å². The van der Waals surface area contributed by atoms with Gasteiger partial charge in [0, 0.05) is 130 Å². The summed E-state index contributed by atoms with van der Waals surface area (Å²) in [7, 11) is -12.6. The second kappa shape index (κ2) is 52.2. The number of unbranched alkanes of at least 4 members (excludes halogenated alkanes) is 3. The number of rotatable bonds is 54. The van der Waals surface area contributed by atoms with Crippen LogP contribution in [0.25, 0.3) is 0 Å². The standard InChI is InChI=1S/C93H120BN10O30P3S2/c1-9-22-60-47-63-48-64-49-71(95-11-3)57(5)46-69(64)86(68(63)45-56(60)4)66-24-16-17-25-67(66)89(117)102(8)43-20-30-80(109)97-41-21-42-98-87(115)61-33-36-78-73(50-61)104(122)91(120)94(132-78)65-34-31-59(32-35-65)74(105)27-18-29-83(112)99-70(75(106)26-14-12-13-15-28-82(111)100-72(52-85(113)114)76(107)51-58(10-2)90(118)119)37-39-93(6,7)139-138-44-38-81(110)96-40-19-23-62-54-103(92(121)101-88(62)116)84-53-77(108)79(131-84)55-130-136(126,127)134-137(128,129)133-135(123,124)125/h16-17,24-25,31-36,45-47,49-50,54,58,69-70,72,77,79,84,86,108,122H,9-15,18,20-22,26-30,37-44,48,51-53,55H2,1-8H3,(H,96,110)(H,97,109)(H,98,115)(H,99,112)(H,100,111)(H,113,114)(H,118,119)(H,126,127)(H,128,129)(H,101,116,121)(H2,123,124,125). The van der Waals surface area contributed by atoms with E-state index in [1.807, 2.05) is 44.0 Å². The van der Waals surface area contributed by atoms with Crippen molar-refractivity contribution >= 4 is 139 Å². The van der Waals surface area contributed by atoms with E-state index >= 15 is 0 Å². The second-order valence-corrected chi connectivity index (χ2v) is 42.4. The number of hydroxylamine groups is 1. The summed E-state index contributed by atoms with van der Waals surface area (Å²) in [6.45, 7) is 12.6. The number of aromatic amines is 1. The van der Waals surface area contributed by atoms with Crippen molar-refractivity contribution in [2.24, 2.45) is 16.8 Å². The topological polar surface area (TPSA) is 598 Å². The van der Waals surface area contributed by atoms with Crippen molar-refractivity contribution in [2.45, 2.75) is 231 Å². The zero-order chi connectivity index (χ0) is 102. The lowest BCUT2D eigenvalue weighted by Crippen LogP contribution is -2.54.